The van der Waals surface area contributed by atoms with Gasteiger partial charge in [0.2, 0.25) is 5.91 Å². The number of benzene rings is 1. The van der Waals surface area contributed by atoms with Gasteiger partial charge in [-0.2, -0.15) is 0 Å². The Morgan fingerprint density at radius 1 is 1.35 bits per heavy atom. The quantitative estimate of drug-likeness (QED) is 0.670. The molecule has 0 radical (unpaired) electrons. The number of carbonyl (C=O) groups excluding carboxylic acids is 2. The summed E-state index contributed by atoms with van der Waals surface area (Å²) in [6, 6.07) is 9.20. The van der Waals surface area contributed by atoms with Crippen LogP contribution in [-0.4, -0.2) is 51.7 Å². The Morgan fingerprint density at radius 2 is 2.19 bits per heavy atom. The molecule has 0 aliphatic carbocycles. The highest BCUT2D eigenvalue weighted by molar-refractivity contribution is 9.18. The Hall–Kier alpha value is -2.68. The summed E-state index contributed by atoms with van der Waals surface area (Å²) in [6.07, 6.45) is 3.18. The lowest BCUT2D eigenvalue weighted by Crippen LogP contribution is -2.47. The number of para-hydroxylation sites is 1. The van der Waals surface area contributed by atoms with Crippen LogP contribution in [0.1, 0.15) is 31.7 Å². The van der Waals surface area contributed by atoms with Crippen LogP contribution in [0.5, 0.6) is 0 Å². The molecule has 4 rings (SSSR count). The van der Waals surface area contributed by atoms with E-state index in [1.807, 2.05) is 30.3 Å². The Morgan fingerprint density at radius 3 is 2.97 bits per heavy atom. The number of nitrogens with one attached hydrogen (secondary N) is 1. The van der Waals surface area contributed by atoms with E-state index in [-0.39, 0.29) is 24.5 Å². The van der Waals surface area contributed by atoms with Crippen LogP contribution in [-0.2, 0) is 21.0 Å². The van der Waals surface area contributed by atoms with Crippen LogP contribution in [0.2, 0.25) is 0 Å². The number of pyridine rings is 1. The van der Waals surface area contributed by atoms with Gasteiger partial charge in [-0.15, -0.1) is 0 Å². The molecule has 1 N–H and O–H groups in total. The second-order valence-corrected chi connectivity index (χ2v) is 8.83. The fourth-order valence-electron chi connectivity index (χ4n) is 3.93. The van der Waals surface area contributed by atoms with Crippen LogP contribution in [0.3, 0.4) is 0 Å². The third-order valence-corrected chi connectivity index (χ3v) is 6.18. The molecule has 0 saturated carbocycles. The molecule has 9 heteroatoms. The molecule has 2 amide bonds. The lowest BCUT2D eigenvalue weighted by atomic mass is 10.0. The van der Waals surface area contributed by atoms with Crippen molar-refractivity contribution in [1.29, 1.82) is 0 Å². The number of aromatic nitrogens is 1. The predicted molar refractivity (Wildman–Crippen MR) is 120 cm³/mol. The van der Waals surface area contributed by atoms with Crippen molar-refractivity contribution >= 4 is 43.5 Å². The van der Waals surface area contributed by atoms with Crippen molar-refractivity contribution in [3.8, 4) is 0 Å². The minimum atomic E-state index is -0.544. The van der Waals surface area contributed by atoms with Gasteiger partial charge in [-0.25, -0.2) is 4.79 Å². The fraction of sp³-hybridized carbons (Fsp3) is 0.455. The number of nitrogens with zero attached hydrogens (tertiary/aromatic N) is 3. The molecular weight excluding hydrogens is 464 g/mol. The maximum Gasteiger partial charge on any atom is 0.410 e. The maximum atomic E-state index is 12.8. The van der Waals surface area contributed by atoms with E-state index < -0.39 is 12.1 Å². The van der Waals surface area contributed by atoms with Crippen LogP contribution in [0.4, 0.5) is 4.79 Å². The third kappa shape index (κ3) is 5.15. The average molecular weight is 489 g/mol. The Labute approximate surface area is 189 Å². The van der Waals surface area contributed by atoms with E-state index in [0.29, 0.717) is 25.9 Å². The van der Waals surface area contributed by atoms with Gasteiger partial charge in [0.25, 0.3) is 0 Å². The standard InChI is InChI=1S/C22H25BrN4O4/c1-2-14-8-19(21(28)25-11-17-9-20(23)26-31-17)27(12-14)22(29)30-13-15-7-16-5-3-4-6-18(16)24-10-15/h3-7,10,14,17,19H,2,8-9,11-13H2,1H3,(H,25,28)/t14-,17+,19+/m1/s1. The van der Waals surface area contributed by atoms with Gasteiger partial charge >= 0.3 is 6.09 Å². The summed E-state index contributed by atoms with van der Waals surface area (Å²) in [7, 11) is 0. The Bertz CT molecular complexity index is 998. The largest absolute Gasteiger partial charge is 0.444 e. The fourth-order valence-corrected chi connectivity index (χ4v) is 4.37. The molecule has 164 valence electrons. The van der Waals surface area contributed by atoms with E-state index in [0.717, 1.165) is 27.5 Å². The van der Waals surface area contributed by atoms with E-state index >= 15 is 0 Å². The number of fused-ring (bicyclic) bond motifs is 1. The minimum absolute atomic E-state index is 0.111. The number of amides is 2. The lowest BCUT2D eigenvalue weighted by molar-refractivity contribution is -0.125. The van der Waals surface area contributed by atoms with Crippen molar-refractivity contribution in [2.45, 2.75) is 44.9 Å². The van der Waals surface area contributed by atoms with Crippen LogP contribution in [0.15, 0.2) is 41.7 Å². The van der Waals surface area contributed by atoms with Crippen molar-refractivity contribution in [3.63, 3.8) is 0 Å². The van der Waals surface area contributed by atoms with Gasteiger partial charge in [-0.1, -0.05) is 36.7 Å². The Kier molecular flexibility index (Phi) is 6.70. The SMILES string of the molecule is CC[C@@H]1C[C@@H](C(=O)NC[C@@H]2CC(Br)=NO2)N(C(=O)OCc2cnc3ccccc3c2)C1. The van der Waals surface area contributed by atoms with Gasteiger partial charge in [0.15, 0.2) is 6.10 Å². The van der Waals surface area contributed by atoms with E-state index in [1.165, 1.54) is 0 Å². The van der Waals surface area contributed by atoms with Gasteiger partial charge in [-0.05, 0) is 40.4 Å². The molecule has 2 aliphatic heterocycles. The zero-order chi connectivity index (χ0) is 21.8. The topological polar surface area (TPSA) is 93.1 Å². The van der Waals surface area contributed by atoms with E-state index in [1.54, 1.807) is 11.1 Å². The van der Waals surface area contributed by atoms with Gasteiger partial charge in [0.1, 0.15) is 17.3 Å². The number of ether oxygens (including phenoxy) is 1. The van der Waals surface area contributed by atoms with E-state index in [9.17, 15) is 9.59 Å². The molecule has 0 unspecified atom stereocenters. The molecule has 3 atom stereocenters. The summed E-state index contributed by atoms with van der Waals surface area (Å²) in [5.74, 6) is 0.0812. The molecule has 3 heterocycles. The molecular formula is C22H25BrN4O4. The highest BCUT2D eigenvalue weighted by Gasteiger charge is 2.40. The zero-order valence-corrected chi connectivity index (χ0v) is 18.9. The zero-order valence-electron chi connectivity index (χ0n) is 17.3. The summed E-state index contributed by atoms with van der Waals surface area (Å²) in [5.41, 5.74) is 1.70. The molecule has 8 nitrogen and oxygen atoms in total. The van der Waals surface area contributed by atoms with Gasteiger partial charge in [0.05, 0.1) is 12.1 Å². The number of rotatable bonds is 6. The first kappa shape index (κ1) is 21.5. The van der Waals surface area contributed by atoms with Crippen LogP contribution < -0.4 is 5.32 Å². The Balaban J connectivity index is 1.35. The molecule has 2 aromatic rings. The molecule has 1 saturated heterocycles. The molecule has 31 heavy (non-hydrogen) atoms. The van der Waals surface area contributed by atoms with E-state index in [4.69, 9.17) is 9.57 Å². The van der Waals surface area contributed by atoms with E-state index in [2.05, 4.69) is 38.3 Å². The van der Waals surface area contributed by atoms with Crippen molar-refractivity contribution in [2.24, 2.45) is 11.1 Å². The predicted octanol–water partition coefficient (Wildman–Crippen LogP) is 3.59. The van der Waals surface area contributed by atoms with Gasteiger partial charge in [-0.3, -0.25) is 14.7 Å². The van der Waals surface area contributed by atoms with Crippen molar-refractivity contribution in [2.75, 3.05) is 13.1 Å². The number of carbonyl (C=O) groups is 2. The number of halogens is 1. The lowest BCUT2D eigenvalue weighted by Gasteiger charge is -2.23. The second-order valence-electron chi connectivity index (χ2n) is 7.91. The van der Waals surface area contributed by atoms with Crippen LogP contribution >= 0.6 is 15.9 Å². The second kappa shape index (κ2) is 9.64. The summed E-state index contributed by atoms with van der Waals surface area (Å²) in [5, 5.41) is 7.71. The molecule has 0 spiro atoms. The first-order valence-electron chi connectivity index (χ1n) is 10.5. The number of hydrogen-bond acceptors (Lipinski definition) is 6. The summed E-state index contributed by atoms with van der Waals surface area (Å²) in [6.45, 7) is 3.03. The third-order valence-electron chi connectivity index (χ3n) is 5.71. The van der Waals surface area contributed by atoms with Gasteiger partial charge < -0.3 is 14.9 Å². The van der Waals surface area contributed by atoms with Crippen molar-refractivity contribution < 1.29 is 19.2 Å². The maximum absolute atomic E-state index is 12.8. The monoisotopic (exact) mass is 488 g/mol. The average Bonchev–Trinajstić information content (AvgIpc) is 3.42. The van der Waals surface area contributed by atoms with Gasteiger partial charge in [0, 0.05) is 30.1 Å². The van der Waals surface area contributed by atoms with Crippen LogP contribution in [0, 0.1) is 5.92 Å². The smallest absolute Gasteiger partial charge is 0.410 e. The molecule has 2 aliphatic rings. The molecule has 1 aromatic heterocycles. The first-order valence-corrected chi connectivity index (χ1v) is 11.3. The highest BCUT2D eigenvalue weighted by Crippen LogP contribution is 2.27. The molecule has 1 aromatic carbocycles. The summed E-state index contributed by atoms with van der Waals surface area (Å²) in [4.78, 5) is 36.8. The summed E-state index contributed by atoms with van der Waals surface area (Å²) < 4.78 is 6.27. The van der Waals surface area contributed by atoms with Crippen molar-refractivity contribution in [3.05, 3.63) is 42.1 Å². The number of likely N-dealkylation sites (tertiary alicyclic amines) is 1. The first-order chi connectivity index (χ1) is 15.0. The van der Waals surface area contributed by atoms with Crippen molar-refractivity contribution in [1.82, 2.24) is 15.2 Å². The molecule has 0 bridgehead atoms. The normalized spacial score (nSPS) is 22.8. The molecule has 1 fully saturated rings. The minimum Gasteiger partial charge on any atom is -0.444 e. The number of oxime groups is 1. The highest BCUT2D eigenvalue weighted by atomic mass is 79.9. The number of hydrogen-bond donors (Lipinski definition) is 1. The summed E-state index contributed by atoms with van der Waals surface area (Å²) >= 11 is 3.29. The van der Waals surface area contributed by atoms with Crippen LogP contribution in [0.25, 0.3) is 10.9 Å².